The third-order valence-electron chi connectivity index (χ3n) is 3.47. The summed E-state index contributed by atoms with van der Waals surface area (Å²) in [4.78, 5) is 2.36. The Kier molecular flexibility index (Phi) is 3.61. The fourth-order valence-electron chi connectivity index (χ4n) is 2.48. The molecular formula is C11H22N2O2. The van der Waals surface area contributed by atoms with E-state index in [0.717, 1.165) is 45.6 Å². The van der Waals surface area contributed by atoms with Gasteiger partial charge in [-0.1, -0.05) is 0 Å². The minimum Gasteiger partial charge on any atom is -0.383 e. The quantitative estimate of drug-likeness (QED) is 0.723. The first kappa shape index (κ1) is 11.3. The number of nitrogens with one attached hydrogen (secondary N) is 1. The lowest BCUT2D eigenvalue weighted by molar-refractivity contribution is -0.142. The van der Waals surface area contributed by atoms with Gasteiger partial charge >= 0.3 is 0 Å². The molecule has 0 aromatic heterocycles. The van der Waals surface area contributed by atoms with E-state index >= 15 is 0 Å². The van der Waals surface area contributed by atoms with Crippen LogP contribution in [0.15, 0.2) is 0 Å². The highest BCUT2D eigenvalue weighted by Crippen LogP contribution is 2.27. The largest absolute Gasteiger partial charge is 0.383 e. The molecule has 88 valence electrons. The Morgan fingerprint density at radius 2 is 2.20 bits per heavy atom. The van der Waals surface area contributed by atoms with Gasteiger partial charge in [-0.25, -0.2) is 0 Å². The van der Waals surface area contributed by atoms with E-state index in [4.69, 9.17) is 9.47 Å². The molecular weight excluding hydrogens is 192 g/mol. The number of hydrogen-bond acceptors (Lipinski definition) is 4. The van der Waals surface area contributed by atoms with Crippen LogP contribution in [0, 0.1) is 0 Å². The third kappa shape index (κ3) is 2.69. The van der Waals surface area contributed by atoms with Gasteiger partial charge in [0, 0.05) is 39.1 Å². The second-order valence-electron chi connectivity index (χ2n) is 4.73. The third-order valence-corrected chi connectivity index (χ3v) is 3.47. The Labute approximate surface area is 91.9 Å². The highest BCUT2D eigenvalue weighted by Gasteiger charge is 2.38. The monoisotopic (exact) mass is 214 g/mol. The molecule has 2 aliphatic heterocycles. The van der Waals surface area contributed by atoms with Gasteiger partial charge in [-0.15, -0.1) is 0 Å². The first-order valence-electron chi connectivity index (χ1n) is 5.83. The average Bonchev–Trinajstić information content (AvgIpc) is 2.24. The molecule has 2 rings (SSSR count). The van der Waals surface area contributed by atoms with E-state index in [2.05, 4.69) is 17.3 Å². The summed E-state index contributed by atoms with van der Waals surface area (Å²) < 4.78 is 11.1. The van der Waals surface area contributed by atoms with Gasteiger partial charge in [0.05, 0.1) is 13.2 Å². The van der Waals surface area contributed by atoms with E-state index in [-0.39, 0.29) is 5.72 Å². The van der Waals surface area contributed by atoms with Crippen molar-refractivity contribution in [2.75, 3.05) is 40.5 Å². The van der Waals surface area contributed by atoms with Crippen molar-refractivity contribution in [2.45, 2.75) is 31.0 Å². The van der Waals surface area contributed by atoms with Crippen LogP contribution < -0.4 is 5.32 Å². The van der Waals surface area contributed by atoms with E-state index in [0.29, 0.717) is 6.04 Å². The van der Waals surface area contributed by atoms with Gasteiger partial charge in [0.1, 0.15) is 5.72 Å². The highest BCUT2D eigenvalue weighted by atomic mass is 16.5. The summed E-state index contributed by atoms with van der Waals surface area (Å²) in [6.45, 7) is 3.89. The predicted molar refractivity (Wildman–Crippen MR) is 58.8 cm³/mol. The molecule has 2 heterocycles. The van der Waals surface area contributed by atoms with Crippen LogP contribution in [0.5, 0.6) is 0 Å². The molecule has 0 aliphatic carbocycles. The molecule has 2 saturated heterocycles. The van der Waals surface area contributed by atoms with E-state index in [1.807, 2.05) is 0 Å². The Balaban J connectivity index is 1.90. The Bertz CT molecular complexity index is 201. The number of piperidine rings is 1. The van der Waals surface area contributed by atoms with Crippen LogP contribution in [0.3, 0.4) is 0 Å². The van der Waals surface area contributed by atoms with E-state index in [1.54, 1.807) is 7.11 Å². The molecule has 1 spiro atoms. The molecule has 15 heavy (non-hydrogen) atoms. The highest BCUT2D eigenvalue weighted by molar-refractivity contribution is 4.90. The molecule has 2 fully saturated rings. The number of rotatable bonds is 2. The van der Waals surface area contributed by atoms with Crippen molar-refractivity contribution in [3.05, 3.63) is 0 Å². The van der Waals surface area contributed by atoms with Gasteiger partial charge in [0.15, 0.2) is 0 Å². The lowest BCUT2D eigenvalue weighted by Crippen LogP contribution is -2.61. The normalized spacial score (nSPS) is 32.0. The van der Waals surface area contributed by atoms with Crippen LogP contribution in [-0.2, 0) is 9.47 Å². The molecule has 4 nitrogen and oxygen atoms in total. The van der Waals surface area contributed by atoms with E-state index < -0.39 is 0 Å². The SMILES string of the molecule is COCC1CCOC2(CCN(C)CC2)N1. The van der Waals surface area contributed by atoms with Gasteiger partial charge in [0.25, 0.3) is 0 Å². The summed E-state index contributed by atoms with van der Waals surface area (Å²) in [6, 6.07) is 0.465. The van der Waals surface area contributed by atoms with Gasteiger partial charge in [0.2, 0.25) is 0 Å². The lowest BCUT2D eigenvalue weighted by Gasteiger charge is -2.46. The van der Waals surface area contributed by atoms with Crippen LogP contribution in [-0.4, -0.2) is 57.1 Å². The molecule has 1 unspecified atom stereocenters. The zero-order valence-corrected chi connectivity index (χ0v) is 9.79. The summed E-state index contributed by atoms with van der Waals surface area (Å²) in [6.07, 6.45) is 3.23. The molecule has 0 saturated carbocycles. The number of hydrogen-bond donors (Lipinski definition) is 1. The molecule has 2 aliphatic rings. The molecule has 1 N–H and O–H groups in total. The zero-order valence-electron chi connectivity index (χ0n) is 9.79. The Morgan fingerprint density at radius 3 is 2.87 bits per heavy atom. The van der Waals surface area contributed by atoms with Gasteiger partial charge in [-0.3, -0.25) is 5.32 Å². The average molecular weight is 214 g/mol. The minimum atomic E-state index is -0.0616. The van der Waals surface area contributed by atoms with Crippen LogP contribution in [0.2, 0.25) is 0 Å². The molecule has 0 aromatic rings. The summed E-state index contributed by atoms with van der Waals surface area (Å²) >= 11 is 0. The van der Waals surface area contributed by atoms with Crippen molar-refractivity contribution < 1.29 is 9.47 Å². The maximum atomic E-state index is 5.94. The van der Waals surface area contributed by atoms with Gasteiger partial charge < -0.3 is 14.4 Å². The van der Waals surface area contributed by atoms with Crippen LogP contribution >= 0.6 is 0 Å². The maximum absolute atomic E-state index is 5.94. The lowest BCUT2D eigenvalue weighted by atomic mass is 9.97. The van der Waals surface area contributed by atoms with Gasteiger partial charge in [-0.2, -0.15) is 0 Å². The van der Waals surface area contributed by atoms with E-state index in [9.17, 15) is 0 Å². The first-order chi connectivity index (χ1) is 7.24. The van der Waals surface area contributed by atoms with Gasteiger partial charge in [-0.05, 0) is 13.5 Å². The summed E-state index contributed by atoms with van der Waals surface area (Å²) in [5.74, 6) is 0. The Hall–Kier alpha value is -0.160. The summed E-state index contributed by atoms with van der Waals surface area (Å²) in [5.41, 5.74) is -0.0616. The molecule has 0 radical (unpaired) electrons. The molecule has 0 aromatic carbocycles. The van der Waals surface area contributed by atoms with Crippen molar-refractivity contribution in [3.8, 4) is 0 Å². The smallest absolute Gasteiger partial charge is 0.121 e. The van der Waals surface area contributed by atoms with E-state index in [1.165, 1.54) is 0 Å². The van der Waals surface area contributed by atoms with Crippen molar-refractivity contribution in [1.82, 2.24) is 10.2 Å². The topological polar surface area (TPSA) is 33.7 Å². The zero-order chi connectivity index (χ0) is 10.7. The fourth-order valence-corrected chi connectivity index (χ4v) is 2.48. The van der Waals surface area contributed by atoms with Crippen LogP contribution in [0.25, 0.3) is 0 Å². The molecule has 0 amide bonds. The first-order valence-corrected chi connectivity index (χ1v) is 5.83. The Morgan fingerprint density at radius 1 is 1.47 bits per heavy atom. The molecule has 0 bridgehead atoms. The van der Waals surface area contributed by atoms with Crippen molar-refractivity contribution >= 4 is 0 Å². The summed E-state index contributed by atoms with van der Waals surface area (Å²) in [5, 5.41) is 3.62. The number of likely N-dealkylation sites (tertiary alicyclic amines) is 1. The maximum Gasteiger partial charge on any atom is 0.121 e. The fraction of sp³-hybridized carbons (Fsp3) is 1.00. The second kappa shape index (κ2) is 4.78. The predicted octanol–water partition coefficient (Wildman–Crippen LogP) is 0.433. The molecule has 1 atom stereocenters. The number of nitrogens with zero attached hydrogens (tertiary/aromatic N) is 1. The molecule has 4 heteroatoms. The van der Waals surface area contributed by atoms with Crippen LogP contribution in [0.4, 0.5) is 0 Å². The summed E-state index contributed by atoms with van der Waals surface area (Å²) in [7, 11) is 3.93. The van der Waals surface area contributed by atoms with Crippen molar-refractivity contribution in [2.24, 2.45) is 0 Å². The standard InChI is InChI=1S/C11H22N2O2/c1-13-6-4-11(5-7-13)12-10(9-14-2)3-8-15-11/h10,12H,3-9H2,1-2H3. The second-order valence-corrected chi connectivity index (χ2v) is 4.73. The van der Waals surface area contributed by atoms with Crippen molar-refractivity contribution in [1.29, 1.82) is 0 Å². The van der Waals surface area contributed by atoms with Crippen LogP contribution in [0.1, 0.15) is 19.3 Å². The minimum absolute atomic E-state index is 0.0616. The number of ether oxygens (including phenoxy) is 2. The van der Waals surface area contributed by atoms with Crippen molar-refractivity contribution in [3.63, 3.8) is 0 Å². The number of methoxy groups -OCH3 is 1.